The summed E-state index contributed by atoms with van der Waals surface area (Å²) in [6.07, 6.45) is 1.36. The van der Waals surface area contributed by atoms with Gasteiger partial charge in [0.05, 0.1) is 22.9 Å². The number of aliphatic hydroxyl groups is 1. The molecule has 0 saturated heterocycles. The molecule has 10 heteroatoms. The summed E-state index contributed by atoms with van der Waals surface area (Å²) in [6, 6.07) is 9.50. The topological polar surface area (TPSA) is 70.5 Å². The van der Waals surface area contributed by atoms with E-state index in [2.05, 4.69) is 20.2 Å². The summed E-state index contributed by atoms with van der Waals surface area (Å²) in [6.45, 7) is 1.37. The number of aromatic nitrogens is 2. The van der Waals surface area contributed by atoms with Gasteiger partial charge in [-0.2, -0.15) is 13.2 Å². The first-order chi connectivity index (χ1) is 15.8. The molecule has 0 atom stereocenters. The zero-order chi connectivity index (χ0) is 23.4. The van der Waals surface area contributed by atoms with Gasteiger partial charge in [-0.3, -0.25) is 0 Å². The third kappa shape index (κ3) is 5.37. The molecule has 6 nitrogen and oxygen atoms in total. The Morgan fingerprint density at radius 3 is 2.76 bits per heavy atom. The summed E-state index contributed by atoms with van der Waals surface area (Å²) in [5, 5.41) is 12.4. The molecule has 3 aromatic rings. The van der Waals surface area contributed by atoms with E-state index >= 15 is 0 Å². The SMILES string of the molecule is OC/C=C/CN1CCc2ncnc(Nc3ccc(Oc4cccc(C(F)(F)F)c4)c(Cl)c3)c21. The number of alkyl halides is 3. The Morgan fingerprint density at radius 2 is 2.00 bits per heavy atom. The molecule has 2 N–H and O–H groups in total. The zero-order valence-corrected chi connectivity index (χ0v) is 18.1. The Bertz CT molecular complexity index is 1170. The second-order valence-electron chi connectivity index (χ2n) is 7.27. The standard InChI is InChI=1S/C23H20ClF3N4O2/c24-18-13-16(6-7-20(18)33-17-5-3-4-15(12-17)23(25,26)27)30-22-21-19(28-14-29-22)8-10-31(21)9-1-2-11-32/h1-7,12-14,32H,8-11H2,(H,28,29,30)/b2-1+. The van der Waals surface area contributed by atoms with Gasteiger partial charge in [-0.15, -0.1) is 0 Å². The first-order valence-corrected chi connectivity index (χ1v) is 10.5. The molecule has 0 unspecified atom stereocenters. The predicted octanol–water partition coefficient (Wildman–Crippen LogP) is 5.60. The second-order valence-corrected chi connectivity index (χ2v) is 7.67. The molecule has 0 amide bonds. The van der Waals surface area contributed by atoms with Gasteiger partial charge in [0.2, 0.25) is 0 Å². The van der Waals surface area contributed by atoms with Gasteiger partial charge < -0.3 is 20.1 Å². The Morgan fingerprint density at radius 1 is 1.15 bits per heavy atom. The number of fused-ring (bicyclic) bond motifs is 1. The Labute approximate surface area is 193 Å². The van der Waals surface area contributed by atoms with Crippen LogP contribution >= 0.6 is 11.6 Å². The molecular formula is C23H20ClF3N4O2. The van der Waals surface area contributed by atoms with Crippen molar-refractivity contribution in [2.24, 2.45) is 0 Å². The fourth-order valence-corrected chi connectivity index (χ4v) is 3.71. The van der Waals surface area contributed by atoms with Crippen LogP contribution in [0.3, 0.4) is 0 Å². The van der Waals surface area contributed by atoms with E-state index in [4.69, 9.17) is 21.4 Å². The normalized spacial score (nSPS) is 13.4. The molecule has 0 bridgehead atoms. The number of aliphatic hydroxyl groups excluding tert-OH is 1. The van der Waals surface area contributed by atoms with Crippen LogP contribution in [-0.4, -0.2) is 34.8 Å². The highest BCUT2D eigenvalue weighted by Crippen LogP contribution is 2.38. The van der Waals surface area contributed by atoms with Gasteiger partial charge in [0.25, 0.3) is 0 Å². The van der Waals surface area contributed by atoms with Gasteiger partial charge in [0, 0.05) is 25.2 Å². The fourth-order valence-electron chi connectivity index (χ4n) is 3.49. The molecule has 172 valence electrons. The highest BCUT2D eigenvalue weighted by molar-refractivity contribution is 6.32. The van der Waals surface area contributed by atoms with Crippen LogP contribution < -0.4 is 15.0 Å². The Hall–Kier alpha value is -3.30. The monoisotopic (exact) mass is 476 g/mol. The molecule has 1 aliphatic heterocycles. The van der Waals surface area contributed by atoms with Gasteiger partial charge >= 0.3 is 6.18 Å². The minimum absolute atomic E-state index is 0.0233. The molecule has 33 heavy (non-hydrogen) atoms. The number of ether oxygens (including phenoxy) is 1. The number of anilines is 3. The minimum atomic E-state index is -4.46. The molecule has 0 aliphatic carbocycles. The summed E-state index contributed by atoms with van der Waals surface area (Å²) in [4.78, 5) is 10.8. The average molecular weight is 477 g/mol. The molecule has 0 spiro atoms. The lowest BCUT2D eigenvalue weighted by Crippen LogP contribution is -2.21. The van der Waals surface area contributed by atoms with Crippen molar-refractivity contribution in [1.29, 1.82) is 0 Å². The molecule has 0 radical (unpaired) electrons. The van der Waals surface area contributed by atoms with E-state index in [1.165, 1.54) is 18.5 Å². The number of nitrogens with one attached hydrogen (secondary N) is 1. The summed E-state index contributed by atoms with van der Waals surface area (Å²) < 4.78 is 44.4. The molecule has 0 fully saturated rings. The lowest BCUT2D eigenvalue weighted by atomic mass is 10.2. The molecule has 1 aliphatic rings. The van der Waals surface area contributed by atoms with Crippen LogP contribution in [0.15, 0.2) is 60.9 Å². The molecule has 2 heterocycles. The van der Waals surface area contributed by atoms with Crippen molar-refractivity contribution in [3.05, 3.63) is 77.2 Å². The van der Waals surface area contributed by atoms with E-state index in [1.807, 2.05) is 6.08 Å². The first-order valence-electron chi connectivity index (χ1n) is 10.1. The summed E-state index contributed by atoms with van der Waals surface area (Å²) >= 11 is 6.34. The van der Waals surface area contributed by atoms with Crippen LogP contribution in [0.1, 0.15) is 11.3 Å². The molecule has 2 aromatic carbocycles. The summed E-state index contributed by atoms with van der Waals surface area (Å²) in [5.74, 6) is 0.871. The number of hydrogen-bond acceptors (Lipinski definition) is 6. The van der Waals surface area contributed by atoms with E-state index in [-0.39, 0.29) is 23.1 Å². The third-order valence-corrected chi connectivity index (χ3v) is 5.31. The summed E-state index contributed by atoms with van der Waals surface area (Å²) in [5.41, 5.74) is 1.63. The molecule has 4 rings (SSSR count). The molecule has 1 aromatic heterocycles. The van der Waals surface area contributed by atoms with Crippen molar-refractivity contribution in [2.75, 3.05) is 29.9 Å². The smallest absolute Gasteiger partial charge is 0.416 e. The Kier molecular flexibility index (Phi) is 6.71. The molecular weight excluding hydrogens is 457 g/mol. The maximum Gasteiger partial charge on any atom is 0.416 e. The van der Waals surface area contributed by atoms with E-state index in [0.29, 0.717) is 18.1 Å². The van der Waals surface area contributed by atoms with Gasteiger partial charge in [0.15, 0.2) is 5.82 Å². The van der Waals surface area contributed by atoms with Gasteiger partial charge in [-0.05, 0) is 36.4 Å². The highest BCUT2D eigenvalue weighted by atomic mass is 35.5. The van der Waals surface area contributed by atoms with Crippen LogP contribution in [0.25, 0.3) is 0 Å². The van der Waals surface area contributed by atoms with Crippen LogP contribution in [0, 0.1) is 0 Å². The van der Waals surface area contributed by atoms with Crippen molar-refractivity contribution < 1.29 is 23.0 Å². The largest absolute Gasteiger partial charge is 0.456 e. The number of benzene rings is 2. The van der Waals surface area contributed by atoms with Gasteiger partial charge in [-0.1, -0.05) is 29.8 Å². The quantitative estimate of drug-likeness (QED) is 0.433. The van der Waals surface area contributed by atoms with Crippen LogP contribution in [0.4, 0.5) is 30.4 Å². The number of halogens is 4. The van der Waals surface area contributed by atoms with E-state index in [0.717, 1.165) is 36.5 Å². The zero-order valence-electron chi connectivity index (χ0n) is 17.3. The third-order valence-electron chi connectivity index (χ3n) is 5.01. The number of nitrogens with zero attached hydrogens (tertiary/aromatic N) is 3. The first kappa shape index (κ1) is 22.9. The van der Waals surface area contributed by atoms with Crippen LogP contribution in [0.2, 0.25) is 5.02 Å². The van der Waals surface area contributed by atoms with Crippen LogP contribution in [-0.2, 0) is 12.6 Å². The average Bonchev–Trinajstić information content (AvgIpc) is 3.20. The number of rotatable bonds is 7. The summed E-state index contributed by atoms with van der Waals surface area (Å²) in [7, 11) is 0. The highest BCUT2D eigenvalue weighted by Gasteiger charge is 2.30. The molecule has 0 saturated carbocycles. The van der Waals surface area contributed by atoms with Gasteiger partial charge in [-0.25, -0.2) is 9.97 Å². The fraction of sp³-hybridized carbons (Fsp3) is 0.217. The van der Waals surface area contributed by atoms with Crippen molar-refractivity contribution >= 4 is 28.8 Å². The van der Waals surface area contributed by atoms with Crippen molar-refractivity contribution in [2.45, 2.75) is 12.6 Å². The van der Waals surface area contributed by atoms with E-state index in [1.54, 1.807) is 24.3 Å². The predicted molar refractivity (Wildman–Crippen MR) is 120 cm³/mol. The maximum atomic E-state index is 12.9. The van der Waals surface area contributed by atoms with E-state index < -0.39 is 11.7 Å². The lowest BCUT2D eigenvalue weighted by molar-refractivity contribution is -0.137. The van der Waals surface area contributed by atoms with Crippen molar-refractivity contribution in [1.82, 2.24) is 9.97 Å². The van der Waals surface area contributed by atoms with Crippen molar-refractivity contribution in [3.8, 4) is 11.5 Å². The van der Waals surface area contributed by atoms with Crippen LogP contribution in [0.5, 0.6) is 11.5 Å². The lowest BCUT2D eigenvalue weighted by Gasteiger charge is -2.20. The number of hydrogen-bond donors (Lipinski definition) is 2. The maximum absolute atomic E-state index is 12.9. The van der Waals surface area contributed by atoms with Crippen molar-refractivity contribution in [3.63, 3.8) is 0 Å². The minimum Gasteiger partial charge on any atom is -0.456 e. The van der Waals surface area contributed by atoms with E-state index in [9.17, 15) is 13.2 Å². The second kappa shape index (κ2) is 9.68. The Balaban J connectivity index is 1.52. The van der Waals surface area contributed by atoms with Gasteiger partial charge in [0.1, 0.15) is 23.5 Å².